The molecule has 4 aromatic rings. The maximum atomic E-state index is 5.44. The predicted molar refractivity (Wildman–Crippen MR) is 112 cm³/mol. The predicted octanol–water partition coefficient (Wildman–Crippen LogP) is 4.92. The van der Waals surface area contributed by atoms with Crippen molar-refractivity contribution in [1.82, 2.24) is 9.97 Å². The Hall–Kier alpha value is -3.12. The summed E-state index contributed by atoms with van der Waals surface area (Å²) in [5, 5.41) is 9.83. The van der Waals surface area contributed by atoms with Gasteiger partial charge in [0.15, 0.2) is 0 Å². The number of thiophene rings is 1. The highest BCUT2D eigenvalue weighted by molar-refractivity contribution is 7.09. The Morgan fingerprint density at radius 1 is 0.889 bits per heavy atom. The molecule has 2 heterocycles. The molecule has 0 aliphatic heterocycles. The van der Waals surface area contributed by atoms with E-state index in [9.17, 15) is 0 Å². The number of fused-ring (bicyclic) bond motifs is 1. The third-order valence-corrected chi connectivity index (χ3v) is 5.12. The SMILES string of the molecule is COc1ccccc1CNc1nc(NCc2cccs2)nc2ccccc12. The Bertz CT molecular complexity index is 1030. The topological polar surface area (TPSA) is 59.1 Å². The van der Waals surface area contributed by atoms with Crippen molar-refractivity contribution in [3.63, 3.8) is 0 Å². The van der Waals surface area contributed by atoms with Gasteiger partial charge in [0, 0.05) is 22.4 Å². The van der Waals surface area contributed by atoms with Crippen LogP contribution in [0.2, 0.25) is 0 Å². The Morgan fingerprint density at radius 2 is 1.74 bits per heavy atom. The van der Waals surface area contributed by atoms with E-state index in [1.807, 2.05) is 54.6 Å². The zero-order chi connectivity index (χ0) is 18.5. The molecule has 0 saturated carbocycles. The van der Waals surface area contributed by atoms with Gasteiger partial charge in [-0.2, -0.15) is 4.98 Å². The van der Waals surface area contributed by atoms with E-state index in [1.54, 1.807) is 18.4 Å². The summed E-state index contributed by atoms with van der Waals surface area (Å²) in [6, 6.07) is 20.1. The number of rotatable bonds is 7. The Balaban J connectivity index is 1.60. The molecule has 2 aromatic carbocycles. The van der Waals surface area contributed by atoms with E-state index in [2.05, 4.69) is 27.1 Å². The van der Waals surface area contributed by atoms with E-state index in [1.165, 1.54) is 4.88 Å². The van der Waals surface area contributed by atoms with Crippen LogP contribution in [0.1, 0.15) is 10.4 Å². The third kappa shape index (κ3) is 4.01. The summed E-state index contributed by atoms with van der Waals surface area (Å²) >= 11 is 1.71. The highest BCUT2D eigenvalue weighted by Crippen LogP contribution is 2.24. The van der Waals surface area contributed by atoms with Crippen molar-refractivity contribution >= 4 is 34.0 Å². The summed E-state index contributed by atoms with van der Waals surface area (Å²) in [4.78, 5) is 10.6. The number of benzene rings is 2. The number of para-hydroxylation sites is 2. The molecule has 0 fully saturated rings. The van der Waals surface area contributed by atoms with Gasteiger partial charge in [-0.1, -0.05) is 36.4 Å². The summed E-state index contributed by atoms with van der Waals surface area (Å²) in [7, 11) is 1.69. The van der Waals surface area contributed by atoms with E-state index < -0.39 is 0 Å². The van der Waals surface area contributed by atoms with Gasteiger partial charge in [0.25, 0.3) is 0 Å². The van der Waals surface area contributed by atoms with Gasteiger partial charge in [0.05, 0.1) is 19.2 Å². The fourth-order valence-corrected chi connectivity index (χ4v) is 3.54. The second-order valence-electron chi connectivity index (χ2n) is 6.01. The molecule has 0 aliphatic rings. The highest BCUT2D eigenvalue weighted by Gasteiger charge is 2.09. The van der Waals surface area contributed by atoms with Crippen LogP contribution in [-0.2, 0) is 13.1 Å². The normalized spacial score (nSPS) is 10.7. The van der Waals surface area contributed by atoms with Crippen molar-refractivity contribution in [2.75, 3.05) is 17.7 Å². The van der Waals surface area contributed by atoms with Gasteiger partial charge >= 0.3 is 0 Å². The molecule has 2 aromatic heterocycles. The lowest BCUT2D eigenvalue weighted by molar-refractivity contribution is 0.410. The zero-order valence-electron chi connectivity index (χ0n) is 15.0. The van der Waals surface area contributed by atoms with E-state index in [0.29, 0.717) is 19.0 Å². The van der Waals surface area contributed by atoms with E-state index >= 15 is 0 Å². The molecule has 5 nitrogen and oxygen atoms in total. The first kappa shape index (κ1) is 17.3. The number of hydrogen-bond donors (Lipinski definition) is 2. The molecule has 0 bridgehead atoms. The minimum atomic E-state index is 0.615. The Labute approximate surface area is 162 Å². The molecule has 4 rings (SSSR count). The summed E-state index contributed by atoms with van der Waals surface area (Å²) in [5.74, 6) is 2.28. The molecule has 136 valence electrons. The first-order chi connectivity index (χ1) is 13.3. The zero-order valence-corrected chi connectivity index (χ0v) is 15.8. The maximum Gasteiger partial charge on any atom is 0.225 e. The molecule has 27 heavy (non-hydrogen) atoms. The molecule has 0 amide bonds. The molecule has 6 heteroatoms. The van der Waals surface area contributed by atoms with E-state index in [0.717, 1.165) is 28.0 Å². The van der Waals surface area contributed by atoms with Gasteiger partial charge in [0.2, 0.25) is 5.95 Å². The molecular weight excluding hydrogens is 356 g/mol. The molecule has 0 radical (unpaired) electrons. The number of methoxy groups -OCH3 is 1. The summed E-state index contributed by atoms with van der Waals surface area (Å²) in [6.45, 7) is 1.33. The molecule has 0 atom stereocenters. The summed E-state index contributed by atoms with van der Waals surface area (Å²) in [6.07, 6.45) is 0. The van der Waals surface area contributed by atoms with Crippen molar-refractivity contribution in [3.8, 4) is 5.75 Å². The average molecular weight is 376 g/mol. The number of anilines is 2. The summed E-state index contributed by atoms with van der Waals surface area (Å²) in [5.41, 5.74) is 1.99. The van der Waals surface area contributed by atoms with Gasteiger partial charge in [-0.15, -0.1) is 11.3 Å². The first-order valence-corrected chi connectivity index (χ1v) is 9.60. The average Bonchev–Trinajstić information content (AvgIpc) is 3.24. The fraction of sp³-hybridized carbons (Fsp3) is 0.143. The lowest BCUT2D eigenvalue weighted by Gasteiger charge is -2.13. The fourth-order valence-electron chi connectivity index (χ4n) is 2.90. The van der Waals surface area contributed by atoms with E-state index in [-0.39, 0.29) is 0 Å². The van der Waals surface area contributed by atoms with Gasteiger partial charge in [-0.25, -0.2) is 4.98 Å². The minimum Gasteiger partial charge on any atom is -0.496 e. The molecular formula is C21H20N4OS. The van der Waals surface area contributed by atoms with Crippen LogP contribution in [0, 0.1) is 0 Å². The van der Waals surface area contributed by atoms with E-state index in [4.69, 9.17) is 9.72 Å². The smallest absolute Gasteiger partial charge is 0.225 e. The third-order valence-electron chi connectivity index (χ3n) is 4.24. The standard InChI is InChI=1S/C21H20N4OS/c1-26-19-11-5-2-7-15(19)13-22-20-17-9-3-4-10-18(17)24-21(25-20)23-14-16-8-6-12-27-16/h2-12H,13-14H2,1H3,(H2,22,23,24,25). The van der Waals surface area contributed by atoms with Crippen LogP contribution < -0.4 is 15.4 Å². The lowest BCUT2D eigenvalue weighted by atomic mass is 10.2. The quantitative estimate of drug-likeness (QED) is 0.479. The van der Waals surface area contributed by atoms with Crippen molar-refractivity contribution in [2.45, 2.75) is 13.1 Å². The van der Waals surface area contributed by atoms with Crippen LogP contribution in [0.4, 0.5) is 11.8 Å². The molecule has 0 unspecified atom stereocenters. The molecule has 0 spiro atoms. The van der Waals surface area contributed by atoms with Crippen molar-refractivity contribution in [2.24, 2.45) is 0 Å². The number of ether oxygens (including phenoxy) is 1. The van der Waals surface area contributed by atoms with Crippen LogP contribution in [-0.4, -0.2) is 17.1 Å². The van der Waals surface area contributed by atoms with Crippen LogP contribution in [0.15, 0.2) is 66.0 Å². The van der Waals surface area contributed by atoms with Crippen molar-refractivity contribution in [3.05, 3.63) is 76.5 Å². The largest absolute Gasteiger partial charge is 0.496 e. The van der Waals surface area contributed by atoms with Gasteiger partial charge in [-0.3, -0.25) is 0 Å². The van der Waals surface area contributed by atoms with Crippen LogP contribution in [0.25, 0.3) is 10.9 Å². The van der Waals surface area contributed by atoms with Gasteiger partial charge in [0.1, 0.15) is 11.6 Å². The van der Waals surface area contributed by atoms with Crippen molar-refractivity contribution < 1.29 is 4.74 Å². The number of nitrogens with zero attached hydrogens (tertiary/aromatic N) is 2. The number of nitrogens with one attached hydrogen (secondary N) is 2. The summed E-state index contributed by atoms with van der Waals surface area (Å²) < 4.78 is 5.44. The lowest BCUT2D eigenvalue weighted by Crippen LogP contribution is -2.08. The second kappa shape index (κ2) is 8.05. The monoisotopic (exact) mass is 376 g/mol. The second-order valence-corrected chi connectivity index (χ2v) is 7.04. The molecule has 0 aliphatic carbocycles. The maximum absolute atomic E-state index is 5.44. The number of aromatic nitrogens is 2. The first-order valence-electron chi connectivity index (χ1n) is 8.72. The van der Waals surface area contributed by atoms with Crippen LogP contribution in [0.5, 0.6) is 5.75 Å². The molecule has 0 saturated heterocycles. The van der Waals surface area contributed by atoms with Crippen LogP contribution >= 0.6 is 11.3 Å². The highest BCUT2D eigenvalue weighted by atomic mass is 32.1. The van der Waals surface area contributed by atoms with Crippen LogP contribution in [0.3, 0.4) is 0 Å². The molecule has 2 N–H and O–H groups in total. The van der Waals surface area contributed by atoms with Crippen molar-refractivity contribution in [1.29, 1.82) is 0 Å². The number of hydrogen-bond acceptors (Lipinski definition) is 6. The Kier molecular flexibility index (Phi) is 5.16. The Morgan fingerprint density at radius 3 is 2.59 bits per heavy atom. The minimum absolute atomic E-state index is 0.615. The van der Waals surface area contributed by atoms with Gasteiger partial charge in [-0.05, 0) is 29.6 Å². The van der Waals surface area contributed by atoms with Gasteiger partial charge < -0.3 is 15.4 Å².